The third-order valence-corrected chi connectivity index (χ3v) is 6.12. The van der Waals surface area contributed by atoms with Gasteiger partial charge in [0.15, 0.2) is 0 Å². The van der Waals surface area contributed by atoms with Crippen molar-refractivity contribution in [2.24, 2.45) is 11.8 Å². The van der Waals surface area contributed by atoms with Crippen molar-refractivity contribution in [2.75, 3.05) is 26.8 Å². The van der Waals surface area contributed by atoms with E-state index >= 15 is 0 Å². The first-order valence-corrected chi connectivity index (χ1v) is 8.14. The van der Waals surface area contributed by atoms with Crippen LogP contribution in [0.15, 0.2) is 24.3 Å². The molecule has 0 radical (unpaired) electrons. The molecule has 1 spiro atoms. The minimum Gasteiger partial charge on any atom is -0.383 e. The summed E-state index contributed by atoms with van der Waals surface area (Å²) in [5.74, 6) is 0.525. The Balaban J connectivity index is 1.87. The van der Waals surface area contributed by atoms with Gasteiger partial charge in [-0.15, -0.1) is 0 Å². The summed E-state index contributed by atoms with van der Waals surface area (Å²) < 4.78 is 34.0. The van der Waals surface area contributed by atoms with Gasteiger partial charge < -0.3 is 4.74 Å². The zero-order chi connectivity index (χ0) is 13.5. The number of allylic oxidation sites excluding steroid dienone is 2. The summed E-state index contributed by atoms with van der Waals surface area (Å²) in [6, 6.07) is 0. The lowest BCUT2D eigenvalue weighted by molar-refractivity contribution is 0.166. The van der Waals surface area contributed by atoms with Crippen molar-refractivity contribution < 1.29 is 13.2 Å². The van der Waals surface area contributed by atoms with E-state index in [1.807, 2.05) is 0 Å². The highest BCUT2D eigenvalue weighted by Gasteiger charge is 2.56. The third-order valence-electron chi connectivity index (χ3n) is 4.49. The predicted molar refractivity (Wildman–Crippen MR) is 72.7 cm³/mol. The van der Waals surface area contributed by atoms with Gasteiger partial charge in [-0.05, 0) is 12.8 Å². The number of methoxy groups -OCH3 is 1. The molecule has 5 nitrogen and oxygen atoms in total. The fraction of sp³-hybridized carbons (Fsp3) is 0.692. The summed E-state index contributed by atoms with van der Waals surface area (Å²) >= 11 is 0. The van der Waals surface area contributed by atoms with Crippen LogP contribution in [-0.2, 0) is 14.9 Å². The first kappa shape index (κ1) is 13.3. The molecule has 2 atom stereocenters. The molecule has 1 aliphatic heterocycles. The molecular weight excluding hydrogens is 264 g/mol. The maximum Gasteiger partial charge on any atom is 0.280 e. The lowest BCUT2D eigenvalue weighted by atomic mass is 9.79. The van der Waals surface area contributed by atoms with Crippen molar-refractivity contribution in [1.29, 1.82) is 0 Å². The van der Waals surface area contributed by atoms with Crippen LogP contribution >= 0.6 is 0 Å². The molecule has 19 heavy (non-hydrogen) atoms. The van der Waals surface area contributed by atoms with Gasteiger partial charge in [-0.1, -0.05) is 24.3 Å². The second-order valence-corrected chi connectivity index (χ2v) is 7.19. The zero-order valence-electron chi connectivity index (χ0n) is 11.1. The van der Waals surface area contributed by atoms with Crippen molar-refractivity contribution in [3.63, 3.8) is 0 Å². The van der Waals surface area contributed by atoms with Crippen LogP contribution in [0, 0.1) is 11.8 Å². The van der Waals surface area contributed by atoms with Gasteiger partial charge in [0.05, 0.1) is 12.1 Å². The largest absolute Gasteiger partial charge is 0.383 e. The average molecular weight is 284 g/mol. The van der Waals surface area contributed by atoms with Crippen LogP contribution in [0.3, 0.4) is 0 Å². The molecule has 2 bridgehead atoms. The number of hydrogen-bond donors (Lipinski definition) is 1. The normalized spacial score (nSPS) is 40.1. The first-order chi connectivity index (χ1) is 9.08. The Hall–Kier alpha value is -0.690. The third kappa shape index (κ3) is 2.07. The standard InChI is InChI=1S/C13H20N2O3S/c1-18-9-8-15-10-13(14-19(15,16)17)11-4-2-3-5-12(13)7-6-11/h2-3,6-7,11-12,14H,4-5,8-10H2,1H3. The van der Waals surface area contributed by atoms with Crippen LogP contribution in [0.5, 0.6) is 0 Å². The Bertz CT molecular complexity index is 494. The van der Waals surface area contributed by atoms with Gasteiger partial charge in [0.25, 0.3) is 10.2 Å². The predicted octanol–water partition coefficient (Wildman–Crippen LogP) is 0.674. The molecule has 0 aromatic heterocycles. The lowest BCUT2D eigenvalue weighted by Gasteiger charge is -2.33. The van der Waals surface area contributed by atoms with E-state index in [1.54, 1.807) is 7.11 Å². The van der Waals surface area contributed by atoms with Crippen LogP contribution in [0.1, 0.15) is 12.8 Å². The molecule has 1 saturated heterocycles. The molecule has 2 unspecified atom stereocenters. The van der Waals surface area contributed by atoms with E-state index in [0.717, 1.165) is 12.8 Å². The average Bonchev–Trinajstić information content (AvgIpc) is 2.70. The van der Waals surface area contributed by atoms with E-state index in [-0.39, 0.29) is 17.4 Å². The zero-order valence-corrected chi connectivity index (χ0v) is 11.9. The molecule has 1 heterocycles. The topological polar surface area (TPSA) is 58.6 Å². The highest BCUT2D eigenvalue weighted by Crippen LogP contribution is 2.45. The number of hydrogen-bond acceptors (Lipinski definition) is 3. The molecule has 0 aromatic carbocycles. The molecule has 0 saturated carbocycles. The first-order valence-electron chi connectivity index (χ1n) is 6.70. The molecule has 0 amide bonds. The van der Waals surface area contributed by atoms with Gasteiger partial charge in [0.2, 0.25) is 0 Å². The molecule has 1 N–H and O–H groups in total. The van der Waals surface area contributed by atoms with Gasteiger partial charge in [0.1, 0.15) is 0 Å². The SMILES string of the molecule is COCCN1CC2(NS1(=O)=O)C1C=CC2CC=CC1. The summed E-state index contributed by atoms with van der Waals surface area (Å²) in [6.07, 6.45) is 10.5. The number of nitrogens with one attached hydrogen (secondary N) is 1. The Kier molecular flexibility index (Phi) is 3.29. The quantitative estimate of drug-likeness (QED) is 0.775. The Labute approximate surface area is 114 Å². The van der Waals surface area contributed by atoms with Crippen LogP contribution < -0.4 is 4.72 Å². The van der Waals surface area contributed by atoms with E-state index < -0.39 is 10.2 Å². The molecule has 3 rings (SSSR count). The van der Waals surface area contributed by atoms with Gasteiger partial charge in [-0.25, -0.2) is 0 Å². The van der Waals surface area contributed by atoms with Crippen molar-refractivity contribution in [1.82, 2.24) is 9.03 Å². The van der Waals surface area contributed by atoms with E-state index in [0.29, 0.717) is 19.7 Å². The molecule has 2 aliphatic carbocycles. The van der Waals surface area contributed by atoms with Crippen LogP contribution in [-0.4, -0.2) is 45.1 Å². The maximum absolute atomic E-state index is 12.3. The van der Waals surface area contributed by atoms with Gasteiger partial charge >= 0.3 is 0 Å². The number of nitrogens with zero attached hydrogens (tertiary/aromatic N) is 1. The smallest absolute Gasteiger partial charge is 0.280 e. The van der Waals surface area contributed by atoms with Crippen molar-refractivity contribution in [3.05, 3.63) is 24.3 Å². The molecule has 106 valence electrons. The molecular formula is C13H20N2O3S. The van der Waals surface area contributed by atoms with Crippen molar-refractivity contribution in [3.8, 4) is 0 Å². The van der Waals surface area contributed by atoms with Crippen LogP contribution in [0.2, 0.25) is 0 Å². The molecule has 0 aromatic rings. The highest BCUT2D eigenvalue weighted by molar-refractivity contribution is 7.87. The van der Waals surface area contributed by atoms with Gasteiger partial charge in [0, 0.05) is 32.0 Å². The second-order valence-electron chi connectivity index (χ2n) is 5.51. The summed E-state index contributed by atoms with van der Waals surface area (Å²) in [6.45, 7) is 1.39. The summed E-state index contributed by atoms with van der Waals surface area (Å²) in [7, 11) is -1.78. The maximum atomic E-state index is 12.3. The Morgan fingerprint density at radius 1 is 1.32 bits per heavy atom. The Morgan fingerprint density at radius 2 is 1.95 bits per heavy atom. The molecule has 3 aliphatic rings. The summed E-state index contributed by atoms with van der Waals surface area (Å²) in [4.78, 5) is 0. The number of rotatable bonds is 3. The van der Waals surface area contributed by atoms with Crippen LogP contribution in [0.25, 0.3) is 0 Å². The fourth-order valence-corrected chi connectivity index (χ4v) is 5.12. The Morgan fingerprint density at radius 3 is 2.53 bits per heavy atom. The van der Waals surface area contributed by atoms with E-state index in [9.17, 15) is 8.42 Å². The fourth-order valence-electron chi connectivity index (χ4n) is 3.44. The van der Waals surface area contributed by atoms with Crippen LogP contribution in [0.4, 0.5) is 0 Å². The monoisotopic (exact) mass is 284 g/mol. The second kappa shape index (κ2) is 4.70. The van der Waals surface area contributed by atoms with Crippen molar-refractivity contribution >= 4 is 10.2 Å². The van der Waals surface area contributed by atoms with E-state index in [1.165, 1.54) is 4.31 Å². The van der Waals surface area contributed by atoms with E-state index in [4.69, 9.17) is 4.74 Å². The highest BCUT2D eigenvalue weighted by atomic mass is 32.2. The summed E-state index contributed by atoms with van der Waals surface area (Å²) in [5.41, 5.74) is -0.351. The minimum atomic E-state index is -3.37. The molecule has 6 heteroatoms. The van der Waals surface area contributed by atoms with Gasteiger partial charge in [-0.2, -0.15) is 17.4 Å². The molecule has 1 fully saturated rings. The lowest BCUT2D eigenvalue weighted by Crippen LogP contribution is -2.51. The number of ether oxygens (including phenoxy) is 1. The van der Waals surface area contributed by atoms with Crippen molar-refractivity contribution in [2.45, 2.75) is 18.4 Å². The minimum absolute atomic E-state index is 0.263. The van der Waals surface area contributed by atoms with E-state index in [2.05, 4.69) is 29.0 Å². The van der Waals surface area contributed by atoms with Gasteiger partial charge in [-0.3, -0.25) is 0 Å². The summed E-state index contributed by atoms with van der Waals surface area (Å²) in [5, 5.41) is 0.